The average Bonchev–Trinajstić information content (AvgIpc) is 3.30. The summed E-state index contributed by atoms with van der Waals surface area (Å²) in [6, 6.07) is 6.20. The molecule has 146 valence electrons. The summed E-state index contributed by atoms with van der Waals surface area (Å²) in [4.78, 5) is 8.85. The fourth-order valence-corrected chi connectivity index (χ4v) is 2.76. The standard InChI is InChI=1S/C19H27N5O3/c1-4-20-19(22-11-18-23-14(3)24-27-18)21-10-15-6-5-13(2)9-17(15)26-16-7-8-25-12-16/h5-6,9,16H,4,7-8,10-12H2,1-3H3,(H2,20,21,22). The number of benzene rings is 1. The Balaban J connectivity index is 1.67. The summed E-state index contributed by atoms with van der Waals surface area (Å²) in [5.41, 5.74) is 2.20. The first-order chi connectivity index (χ1) is 13.1. The van der Waals surface area contributed by atoms with Crippen molar-refractivity contribution in [3.05, 3.63) is 41.0 Å². The molecule has 8 heteroatoms. The Morgan fingerprint density at radius 3 is 2.93 bits per heavy atom. The van der Waals surface area contributed by atoms with Gasteiger partial charge in [-0.05, 0) is 32.4 Å². The van der Waals surface area contributed by atoms with Crippen LogP contribution in [0.5, 0.6) is 5.75 Å². The highest BCUT2D eigenvalue weighted by atomic mass is 16.5. The lowest BCUT2D eigenvalue weighted by Gasteiger charge is -2.16. The number of aliphatic imine (C=N–C) groups is 1. The lowest BCUT2D eigenvalue weighted by Crippen LogP contribution is -2.36. The summed E-state index contributed by atoms with van der Waals surface area (Å²) in [7, 11) is 0. The van der Waals surface area contributed by atoms with Gasteiger partial charge in [0, 0.05) is 18.5 Å². The van der Waals surface area contributed by atoms with Crippen LogP contribution >= 0.6 is 0 Å². The largest absolute Gasteiger partial charge is 0.488 e. The molecule has 1 aliphatic heterocycles. The molecule has 2 N–H and O–H groups in total. The van der Waals surface area contributed by atoms with Gasteiger partial charge in [0.1, 0.15) is 11.9 Å². The zero-order chi connectivity index (χ0) is 19.1. The highest BCUT2D eigenvalue weighted by molar-refractivity contribution is 5.79. The van der Waals surface area contributed by atoms with Crippen molar-refractivity contribution in [3.8, 4) is 5.75 Å². The topological polar surface area (TPSA) is 93.8 Å². The second-order valence-electron chi connectivity index (χ2n) is 6.50. The van der Waals surface area contributed by atoms with E-state index in [0.29, 0.717) is 37.4 Å². The Morgan fingerprint density at radius 1 is 1.33 bits per heavy atom. The second kappa shape index (κ2) is 9.36. The molecule has 1 unspecified atom stereocenters. The molecule has 1 aliphatic rings. The van der Waals surface area contributed by atoms with Crippen LogP contribution in [0.1, 0.15) is 36.2 Å². The molecule has 27 heavy (non-hydrogen) atoms. The van der Waals surface area contributed by atoms with Crippen molar-refractivity contribution < 1.29 is 14.0 Å². The van der Waals surface area contributed by atoms with Crippen LogP contribution in [0, 0.1) is 13.8 Å². The minimum atomic E-state index is 0.113. The fourth-order valence-electron chi connectivity index (χ4n) is 2.76. The number of guanidine groups is 1. The zero-order valence-corrected chi connectivity index (χ0v) is 16.1. The van der Waals surface area contributed by atoms with Crippen LogP contribution in [-0.4, -0.2) is 42.0 Å². The molecule has 1 aromatic heterocycles. The molecule has 2 heterocycles. The summed E-state index contributed by atoms with van der Waals surface area (Å²) in [5.74, 6) is 2.70. The number of aromatic nitrogens is 2. The maximum absolute atomic E-state index is 6.14. The molecule has 1 atom stereocenters. The van der Waals surface area contributed by atoms with Gasteiger partial charge in [-0.1, -0.05) is 17.3 Å². The van der Waals surface area contributed by atoms with Crippen LogP contribution in [0.3, 0.4) is 0 Å². The molecular formula is C19H27N5O3. The maximum atomic E-state index is 6.14. The first kappa shape index (κ1) is 19.2. The molecule has 1 saturated heterocycles. The molecular weight excluding hydrogens is 346 g/mol. The smallest absolute Gasteiger partial charge is 0.246 e. The van der Waals surface area contributed by atoms with E-state index in [0.717, 1.165) is 36.4 Å². The molecule has 1 fully saturated rings. The molecule has 0 amide bonds. The molecule has 0 saturated carbocycles. The van der Waals surface area contributed by atoms with Gasteiger partial charge in [0.15, 0.2) is 11.8 Å². The van der Waals surface area contributed by atoms with Gasteiger partial charge in [-0.25, -0.2) is 4.99 Å². The van der Waals surface area contributed by atoms with Gasteiger partial charge in [0.25, 0.3) is 0 Å². The molecule has 0 spiro atoms. The molecule has 2 aromatic rings. The predicted octanol–water partition coefficient (Wildman–Crippen LogP) is 2.11. The van der Waals surface area contributed by atoms with E-state index in [1.54, 1.807) is 6.92 Å². The van der Waals surface area contributed by atoms with Gasteiger partial charge in [-0.2, -0.15) is 4.98 Å². The van der Waals surface area contributed by atoms with Crippen LogP contribution in [0.2, 0.25) is 0 Å². The van der Waals surface area contributed by atoms with Crippen LogP contribution in [0.25, 0.3) is 0 Å². The molecule has 0 bridgehead atoms. The van der Waals surface area contributed by atoms with Crippen molar-refractivity contribution in [3.63, 3.8) is 0 Å². The minimum absolute atomic E-state index is 0.113. The van der Waals surface area contributed by atoms with Gasteiger partial charge in [0.2, 0.25) is 5.89 Å². The number of aryl methyl sites for hydroxylation is 2. The lowest BCUT2D eigenvalue weighted by molar-refractivity contribution is 0.140. The van der Waals surface area contributed by atoms with Gasteiger partial charge >= 0.3 is 0 Å². The van der Waals surface area contributed by atoms with Crippen molar-refractivity contribution in [2.24, 2.45) is 4.99 Å². The third-order valence-corrected chi connectivity index (χ3v) is 4.13. The van der Waals surface area contributed by atoms with Gasteiger partial charge < -0.3 is 24.6 Å². The summed E-state index contributed by atoms with van der Waals surface area (Å²) in [6.45, 7) is 8.95. The van der Waals surface area contributed by atoms with Crippen molar-refractivity contribution >= 4 is 5.96 Å². The Kier molecular flexibility index (Phi) is 6.64. The minimum Gasteiger partial charge on any atom is -0.488 e. The molecule has 0 aliphatic carbocycles. The van der Waals surface area contributed by atoms with Crippen molar-refractivity contribution in [2.75, 3.05) is 19.8 Å². The fraction of sp³-hybridized carbons (Fsp3) is 0.526. The highest BCUT2D eigenvalue weighted by Crippen LogP contribution is 2.24. The van der Waals surface area contributed by atoms with E-state index in [1.807, 2.05) is 6.92 Å². The van der Waals surface area contributed by atoms with E-state index in [-0.39, 0.29) is 6.10 Å². The number of rotatable bonds is 7. The SMILES string of the molecule is CCNC(=NCc1ccc(C)cc1OC1CCOC1)NCc1nc(C)no1. The van der Waals surface area contributed by atoms with E-state index < -0.39 is 0 Å². The van der Waals surface area contributed by atoms with Crippen molar-refractivity contribution in [1.82, 2.24) is 20.8 Å². The van der Waals surface area contributed by atoms with E-state index in [1.165, 1.54) is 0 Å². The van der Waals surface area contributed by atoms with Crippen LogP contribution < -0.4 is 15.4 Å². The number of hydrogen-bond donors (Lipinski definition) is 2. The van der Waals surface area contributed by atoms with E-state index >= 15 is 0 Å². The van der Waals surface area contributed by atoms with E-state index in [2.05, 4.69) is 50.9 Å². The maximum Gasteiger partial charge on any atom is 0.246 e. The van der Waals surface area contributed by atoms with Gasteiger partial charge in [0.05, 0.1) is 26.3 Å². The predicted molar refractivity (Wildman–Crippen MR) is 102 cm³/mol. The quantitative estimate of drug-likeness (QED) is 0.567. The third-order valence-electron chi connectivity index (χ3n) is 4.13. The summed E-state index contributed by atoms with van der Waals surface area (Å²) >= 11 is 0. The number of nitrogens with one attached hydrogen (secondary N) is 2. The Labute approximate surface area is 159 Å². The Hall–Kier alpha value is -2.61. The van der Waals surface area contributed by atoms with Crippen molar-refractivity contribution in [2.45, 2.75) is 46.4 Å². The third kappa shape index (κ3) is 5.68. The van der Waals surface area contributed by atoms with Gasteiger partial charge in [-0.3, -0.25) is 0 Å². The summed E-state index contributed by atoms with van der Waals surface area (Å²) in [6.07, 6.45) is 1.03. The number of ether oxygens (including phenoxy) is 2. The average molecular weight is 373 g/mol. The Morgan fingerprint density at radius 2 is 2.22 bits per heavy atom. The van der Waals surface area contributed by atoms with Gasteiger partial charge in [-0.15, -0.1) is 0 Å². The van der Waals surface area contributed by atoms with Crippen LogP contribution in [-0.2, 0) is 17.8 Å². The molecule has 8 nitrogen and oxygen atoms in total. The Bertz CT molecular complexity index is 768. The van der Waals surface area contributed by atoms with Crippen LogP contribution in [0.4, 0.5) is 0 Å². The van der Waals surface area contributed by atoms with Crippen LogP contribution in [0.15, 0.2) is 27.7 Å². The second-order valence-corrected chi connectivity index (χ2v) is 6.50. The van der Waals surface area contributed by atoms with E-state index in [4.69, 9.17) is 14.0 Å². The normalized spacial score (nSPS) is 17.1. The number of nitrogens with zero attached hydrogens (tertiary/aromatic N) is 3. The lowest BCUT2D eigenvalue weighted by atomic mass is 10.1. The molecule has 0 radical (unpaired) electrons. The number of hydrogen-bond acceptors (Lipinski definition) is 6. The first-order valence-corrected chi connectivity index (χ1v) is 9.29. The van der Waals surface area contributed by atoms with E-state index in [9.17, 15) is 0 Å². The zero-order valence-electron chi connectivity index (χ0n) is 16.1. The molecule has 3 rings (SSSR count). The van der Waals surface area contributed by atoms with Crippen molar-refractivity contribution in [1.29, 1.82) is 0 Å². The summed E-state index contributed by atoms with van der Waals surface area (Å²) < 4.78 is 16.7. The first-order valence-electron chi connectivity index (χ1n) is 9.29. The monoisotopic (exact) mass is 373 g/mol. The highest BCUT2D eigenvalue weighted by Gasteiger charge is 2.18. The molecule has 1 aromatic carbocycles. The summed E-state index contributed by atoms with van der Waals surface area (Å²) in [5, 5.41) is 10.2.